The summed E-state index contributed by atoms with van der Waals surface area (Å²) in [5.41, 5.74) is 1.08. The highest BCUT2D eigenvalue weighted by Gasteiger charge is 2.17. The summed E-state index contributed by atoms with van der Waals surface area (Å²) < 4.78 is 11.8. The van der Waals surface area contributed by atoms with Crippen molar-refractivity contribution >= 4 is 22.2 Å². The Bertz CT molecular complexity index is 1140. The second-order valence-electron chi connectivity index (χ2n) is 5.71. The summed E-state index contributed by atoms with van der Waals surface area (Å²) in [5, 5.41) is 4.52. The monoisotopic (exact) mass is 381 g/mol. The minimum atomic E-state index is -0.495. The number of carbonyl (C=O) groups excluding carboxylic acids is 1. The Morgan fingerprint density at radius 1 is 1.30 bits per heavy atom. The van der Waals surface area contributed by atoms with Gasteiger partial charge >= 0.3 is 0 Å². The first-order valence-corrected chi connectivity index (χ1v) is 8.99. The first kappa shape index (κ1) is 17.0. The number of amides is 1. The Labute approximate surface area is 157 Å². The van der Waals surface area contributed by atoms with E-state index in [1.807, 2.05) is 29.6 Å². The van der Waals surface area contributed by atoms with Crippen LogP contribution in [0.1, 0.15) is 16.1 Å². The summed E-state index contributed by atoms with van der Waals surface area (Å²) >= 11 is 1.34. The van der Waals surface area contributed by atoms with Crippen LogP contribution in [-0.2, 0) is 6.54 Å². The van der Waals surface area contributed by atoms with Crippen molar-refractivity contribution in [1.29, 1.82) is 0 Å². The van der Waals surface area contributed by atoms with Gasteiger partial charge in [0.2, 0.25) is 0 Å². The number of ether oxygens (including phenoxy) is 1. The van der Waals surface area contributed by atoms with Crippen LogP contribution in [0, 0.1) is 0 Å². The van der Waals surface area contributed by atoms with Crippen molar-refractivity contribution < 1.29 is 13.9 Å². The third-order valence-corrected chi connectivity index (χ3v) is 4.92. The largest absolute Gasteiger partial charge is 0.497 e. The van der Waals surface area contributed by atoms with Crippen molar-refractivity contribution in [3.05, 3.63) is 75.9 Å². The van der Waals surface area contributed by atoms with Gasteiger partial charge in [0.15, 0.2) is 4.96 Å². The predicted octanol–water partition coefficient (Wildman–Crippen LogP) is 2.95. The van der Waals surface area contributed by atoms with Crippen molar-refractivity contribution in [3.8, 4) is 17.0 Å². The molecule has 3 aromatic heterocycles. The van der Waals surface area contributed by atoms with Crippen LogP contribution in [0.3, 0.4) is 0 Å². The van der Waals surface area contributed by atoms with Crippen LogP contribution < -0.4 is 15.6 Å². The number of hydrogen-bond acceptors (Lipinski definition) is 6. The molecule has 0 atom stereocenters. The molecule has 0 aliphatic carbocycles. The van der Waals surface area contributed by atoms with Gasteiger partial charge in [-0.05, 0) is 42.0 Å². The van der Waals surface area contributed by atoms with Crippen LogP contribution in [0.5, 0.6) is 5.75 Å². The van der Waals surface area contributed by atoms with Crippen LogP contribution in [-0.4, -0.2) is 22.4 Å². The molecule has 4 aromatic rings. The van der Waals surface area contributed by atoms with Crippen LogP contribution >= 0.6 is 11.3 Å². The minimum absolute atomic E-state index is 0.0211. The molecule has 0 saturated carbocycles. The van der Waals surface area contributed by atoms with E-state index in [-0.39, 0.29) is 12.1 Å². The molecule has 0 aliphatic rings. The number of thiazole rings is 1. The molecule has 0 bridgehead atoms. The van der Waals surface area contributed by atoms with Gasteiger partial charge in [0.05, 0.1) is 25.6 Å². The molecule has 0 spiro atoms. The second kappa shape index (κ2) is 7.08. The Morgan fingerprint density at radius 2 is 2.11 bits per heavy atom. The second-order valence-corrected chi connectivity index (χ2v) is 6.54. The van der Waals surface area contributed by atoms with E-state index >= 15 is 0 Å². The summed E-state index contributed by atoms with van der Waals surface area (Å²) in [6.07, 6.45) is 2.83. The molecule has 3 heterocycles. The number of hydrogen-bond donors (Lipinski definition) is 1. The number of furan rings is 1. The van der Waals surface area contributed by atoms with E-state index in [0.29, 0.717) is 16.4 Å². The molecule has 1 aromatic carbocycles. The van der Waals surface area contributed by atoms with Crippen molar-refractivity contribution in [2.45, 2.75) is 6.54 Å². The zero-order valence-corrected chi connectivity index (χ0v) is 15.2. The fourth-order valence-corrected chi connectivity index (χ4v) is 3.55. The SMILES string of the molecule is COc1ccc(-c2csc3ncc(C(=O)NCc4ccco4)c(=O)n23)cc1. The molecule has 27 heavy (non-hydrogen) atoms. The lowest BCUT2D eigenvalue weighted by Gasteiger charge is -2.06. The van der Waals surface area contributed by atoms with Crippen LogP contribution in [0.2, 0.25) is 0 Å². The lowest BCUT2D eigenvalue weighted by Crippen LogP contribution is -2.31. The number of aromatic nitrogens is 2. The molecule has 1 amide bonds. The van der Waals surface area contributed by atoms with E-state index in [0.717, 1.165) is 11.3 Å². The van der Waals surface area contributed by atoms with Gasteiger partial charge in [0, 0.05) is 11.6 Å². The third kappa shape index (κ3) is 3.22. The highest BCUT2D eigenvalue weighted by molar-refractivity contribution is 7.15. The molecular formula is C19H15N3O4S. The smallest absolute Gasteiger partial charge is 0.271 e. The van der Waals surface area contributed by atoms with Crippen molar-refractivity contribution in [3.63, 3.8) is 0 Å². The number of nitrogens with one attached hydrogen (secondary N) is 1. The summed E-state index contributed by atoms with van der Waals surface area (Å²) in [6.45, 7) is 0.197. The summed E-state index contributed by atoms with van der Waals surface area (Å²) in [6, 6.07) is 10.8. The van der Waals surface area contributed by atoms with Crippen molar-refractivity contribution in [2.75, 3.05) is 7.11 Å². The first-order valence-electron chi connectivity index (χ1n) is 8.11. The Kier molecular flexibility index (Phi) is 4.47. The molecule has 0 radical (unpaired) electrons. The Morgan fingerprint density at radius 3 is 2.81 bits per heavy atom. The number of methoxy groups -OCH3 is 1. The number of nitrogens with zero attached hydrogens (tertiary/aromatic N) is 2. The standard InChI is InChI=1S/C19H15N3O4S/c1-25-13-6-4-12(5-7-13)16-11-27-19-21-10-15(18(24)22(16)19)17(23)20-9-14-3-2-8-26-14/h2-8,10-11H,9H2,1H3,(H,20,23). The molecule has 8 heteroatoms. The fourth-order valence-electron chi connectivity index (χ4n) is 2.69. The highest BCUT2D eigenvalue weighted by Crippen LogP contribution is 2.25. The normalized spacial score (nSPS) is 10.9. The zero-order chi connectivity index (χ0) is 18.8. The van der Waals surface area contributed by atoms with Gasteiger partial charge in [0.1, 0.15) is 17.1 Å². The van der Waals surface area contributed by atoms with Crippen molar-refractivity contribution in [2.24, 2.45) is 0 Å². The topological polar surface area (TPSA) is 85.8 Å². The Balaban J connectivity index is 1.70. The summed E-state index contributed by atoms with van der Waals surface area (Å²) in [4.78, 5) is 30.2. The first-order chi connectivity index (χ1) is 13.2. The van der Waals surface area contributed by atoms with E-state index < -0.39 is 11.5 Å². The van der Waals surface area contributed by atoms with Crippen LogP contribution in [0.25, 0.3) is 16.2 Å². The molecule has 4 rings (SSSR count). The van der Waals surface area contributed by atoms with Crippen molar-refractivity contribution in [1.82, 2.24) is 14.7 Å². The average molecular weight is 381 g/mol. The average Bonchev–Trinajstić information content (AvgIpc) is 3.36. The fraction of sp³-hybridized carbons (Fsp3) is 0.105. The van der Waals surface area contributed by atoms with Gasteiger partial charge in [-0.1, -0.05) is 0 Å². The van der Waals surface area contributed by atoms with E-state index in [1.54, 1.807) is 19.2 Å². The number of rotatable bonds is 5. The van der Waals surface area contributed by atoms with E-state index in [4.69, 9.17) is 9.15 Å². The highest BCUT2D eigenvalue weighted by atomic mass is 32.1. The van der Waals surface area contributed by atoms with E-state index in [1.165, 1.54) is 28.2 Å². The molecule has 0 fully saturated rings. The molecule has 0 aliphatic heterocycles. The number of carbonyl (C=O) groups is 1. The third-order valence-electron chi connectivity index (χ3n) is 4.08. The summed E-state index contributed by atoms with van der Waals surface area (Å²) in [7, 11) is 1.59. The Hall–Kier alpha value is -3.39. The molecule has 0 saturated heterocycles. The van der Waals surface area contributed by atoms with Gasteiger partial charge in [-0.2, -0.15) is 0 Å². The predicted molar refractivity (Wildman–Crippen MR) is 101 cm³/mol. The van der Waals surface area contributed by atoms with E-state index in [9.17, 15) is 9.59 Å². The lowest BCUT2D eigenvalue weighted by atomic mass is 10.1. The van der Waals surface area contributed by atoms with Crippen LogP contribution in [0.15, 0.2) is 63.4 Å². The quantitative estimate of drug-likeness (QED) is 0.574. The number of benzene rings is 1. The molecule has 1 N–H and O–H groups in total. The van der Waals surface area contributed by atoms with Gasteiger partial charge < -0.3 is 14.5 Å². The minimum Gasteiger partial charge on any atom is -0.497 e. The van der Waals surface area contributed by atoms with Crippen LogP contribution in [0.4, 0.5) is 0 Å². The van der Waals surface area contributed by atoms with Gasteiger partial charge in [0.25, 0.3) is 11.5 Å². The molecular weight excluding hydrogens is 366 g/mol. The molecule has 7 nitrogen and oxygen atoms in total. The molecule has 0 unspecified atom stereocenters. The maximum absolute atomic E-state index is 12.9. The van der Waals surface area contributed by atoms with E-state index in [2.05, 4.69) is 10.3 Å². The zero-order valence-electron chi connectivity index (χ0n) is 14.3. The van der Waals surface area contributed by atoms with Gasteiger partial charge in [-0.3, -0.25) is 14.0 Å². The number of fused-ring (bicyclic) bond motifs is 1. The van der Waals surface area contributed by atoms with Gasteiger partial charge in [-0.15, -0.1) is 11.3 Å². The van der Waals surface area contributed by atoms with Gasteiger partial charge in [-0.25, -0.2) is 4.98 Å². The maximum Gasteiger partial charge on any atom is 0.271 e. The molecule has 136 valence electrons. The maximum atomic E-state index is 12.9. The summed E-state index contributed by atoms with van der Waals surface area (Å²) in [5.74, 6) is 0.832. The lowest BCUT2D eigenvalue weighted by molar-refractivity contribution is 0.0946.